The van der Waals surface area contributed by atoms with Gasteiger partial charge in [-0.2, -0.15) is 0 Å². The number of thiazole rings is 1. The number of carbonyl (C=O) groups excluding carboxylic acids is 2. The van der Waals surface area contributed by atoms with Crippen molar-refractivity contribution in [3.63, 3.8) is 0 Å². The second-order valence-electron chi connectivity index (χ2n) is 8.52. The summed E-state index contributed by atoms with van der Waals surface area (Å²) in [5.41, 5.74) is 1.77. The summed E-state index contributed by atoms with van der Waals surface area (Å²) < 4.78 is 27.1. The average Bonchev–Trinajstić information content (AvgIpc) is 3.41. The number of rotatable bonds is 3. The molecule has 1 saturated heterocycles. The van der Waals surface area contributed by atoms with Gasteiger partial charge in [-0.3, -0.25) is 14.5 Å². The maximum Gasteiger partial charge on any atom is 0.301 e. The first-order valence-electron chi connectivity index (χ1n) is 11.2. The Morgan fingerprint density at radius 2 is 1.83 bits per heavy atom. The lowest BCUT2D eigenvalue weighted by molar-refractivity contribution is -0.132. The summed E-state index contributed by atoms with van der Waals surface area (Å²) in [6, 6.07) is 15.1. The van der Waals surface area contributed by atoms with E-state index in [4.69, 9.17) is 9.47 Å². The number of ether oxygens (including phenoxy) is 2. The largest absolute Gasteiger partial charge is 0.507 e. The lowest BCUT2D eigenvalue weighted by Gasteiger charge is -2.23. The highest BCUT2D eigenvalue weighted by atomic mass is 32.1. The Labute approximate surface area is 209 Å². The number of amides is 1. The van der Waals surface area contributed by atoms with Crippen LogP contribution in [0.5, 0.6) is 11.5 Å². The summed E-state index contributed by atoms with van der Waals surface area (Å²) in [4.78, 5) is 32.4. The number of halogens is 1. The Kier molecular flexibility index (Phi) is 5.22. The summed E-state index contributed by atoms with van der Waals surface area (Å²) >= 11 is 1.23. The molecule has 4 aromatic rings. The molecule has 1 amide bonds. The normalized spacial score (nSPS) is 18.7. The highest BCUT2D eigenvalue weighted by Crippen LogP contribution is 2.45. The van der Waals surface area contributed by atoms with E-state index in [-0.39, 0.29) is 21.8 Å². The van der Waals surface area contributed by atoms with Gasteiger partial charge < -0.3 is 14.6 Å². The molecule has 0 spiro atoms. The summed E-state index contributed by atoms with van der Waals surface area (Å²) in [5, 5.41) is 11.6. The molecule has 1 fully saturated rings. The third-order valence-electron chi connectivity index (χ3n) is 6.20. The Bertz CT molecular complexity index is 1590. The van der Waals surface area contributed by atoms with Gasteiger partial charge in [-0.25, -0.2) is 9.37 Å². The zero-order chi connectivity index (χ0) is 25.0. The number of ketones is 1. The number of hydrogen-bond donors (Lipinski definition) is 1. The van der Waals surface area contributed by atoms with Crippen molar-refractivity contribution in [1.29, 1.82) is 0 Å². The van der Waals surface area contributed by atoms with E-state index in [0.717, 1.165) is 10.3 Å². The van der Waals surface area contributed by atoms with E-state index in [9.17, 15) is 14.7 Å². The summed E-state index contributed by atoms with van der Waals surface area (Å²) in [6.45, 7) is 2.68. The second-order valence-corrected chi connectivity index (χ2v) is 9.53. The van der Waals surface area contributed by atoms with E-state index in [1.165, 1.54) is 40.5 Å². The average molecular weight is 503 g/mol. The molecule has 2 aliphatic heterocycles. The third-order valence-corrected chi connectivity index (χ3v) is 7.22. The third kappa shape index (κ3) is 3.51. The molecule has 1 unspecified atom stereocenters. The predicted molar refractivity (Wildman–Crippen MR) is 133 cm³/mol. The number of aromatic nitrogens is 1. The fourth-order valence-electron chi connectivity index (χ4n) is 4.49. The molecule has 1 aromatic heterocycles. The molecule has 1 N–H and O–H groups in total. The minimum Gasteiger partial charge on any atom is -0.507 e. The molecule has 7 nitrogen and oxygen atoms in total. The molecule has 3 aromatic carbocycles. The maximum atomic E-state index is 15.1. The first-order chi connectivity index (χ1) is 17.4. The van der Waals surface area contributed by atoms with E-state index in [1.54, 1.807) is 18.2 Å². The lowest BCUT2D eigenvalue weighted by atomic mass is 9.95. The van der Waals surface area contributed by atoms with Crippen molar-refractivity contribution < 1.29 is 28.6 Å². The van der Waals surface area contributed by atoms with Crippen molar-refractivity contribution in [2.75, 3.05) is 18.1 Å². The van der Waals surface area contributed by atoms with Crippen molar-refractivity contribution >= 4 is 44.1 Å². The fourth-order valence-corrected chi connectivity index (χ4v) is 5.58. The van der Waals surface area contributed by atoms with Crippen LogP contribution in [0.4, 0.5) is 9.52 Å². The zero-order valence-corrected chi connectivity index (χ0v) is 19.8. The predicted octanol–water partition coefficient (Wildman–Crippen LogP) is 5.14. The number of aliphatic hydroxyl groups excluding tert-OH is 1. The van der Waals surface area contributed by atoms with E-state index >= 15 is 4.39 Å². The van der Waals surface area contributed by atoms with Gasteiger partial charge in [-0.05, 0) is 48.9 Å². The molecule has 0 aliphatic carbocycles. The van der Waals surface area contributed by atoms with Gasteiger partial charge in [-0.15, -0.1) is 0 Å². The maximum absolute atomic E-state index is 15.1. The van der Waals surface area contributed by atoms with Crippen molar-refractivity contribution in [2.45, 2.75) is 13.0 Å². The number of hydrogen-bond acceptors (Lipinski definition) is 7. The van der Waals surface area contributed by atoms with Crippen LogP contribution in [0.15, 0.2) is 66.2 Å². The Morgan fingerprint density at radius 1 is 1.06 bits per heavy atom. The van der Waals surface area contributed by atoms with Crippen LogP contribution >= 0.6 is 11.3 Å². The quantitative estimate of drug-likeness (QED) is 0.237. The Hall–Kier alpha value is -4.24. The molecule has 6 rings (SSSR count). The standard InChI is InChI=1S/C27H19FN2O5S/c1-14-6-8-18-21(12-14)36-27(29-18)30-23(16-4-2-3-5-17(16)28)22(25(32)26(30)33)24(31)15-7-9-19-20(13-15)35-11-10-34-19/h2-9,12-13,23,31H,10-11H2,1H3/b24-22-. The summed E-state index contributed by atoms with van der Waals surface area (Å²) in [7, 11) is 0. The molecule has 9 heteroatoms. The molecular formula is C27H19FN2O5S. The molecular weight excluding hydrogens is 483 g/mol. The number of fused-ring (bicyclic) bond motifs is 2. The Morgan fingerprint density at radius 3 is 2.64 bits per heavy atom. The zero-order valence-electron chi connectivity index (χ0n) is 19.0. The molecule has 1 atom stereocenters. The molecule has 36 heavy (non-hydrogen) atoms. The highest BCUT2D eigenvalue weighted by Gasteiger charge is 2.49. The van der Waals surface area contributed by atoms with Crippen LogP contribution < -0.4 is 14.4 Å². The monoisotopic (exact) mass is 502 g/mol. The van der Waals surface area contributed by atoms with E-state index in [1.807, 2.05) is 25.1 Å². The van der Waals surface area contributed by atoms with Gasteiger partial charge >= 0.3 is 5.91 Å². The van der Waals surface area contributed by atoms with Crippen LogP contribution in [0.3, 0.4) is 0 Å². The molecule has 0 radical (unpaired) electrons. The van der Waals surface area contributed by atoms with E-state index < -0.39 is 29.3 Å². The fraction of sp³-hybridized carbons (Fsp3) is 0.148. The topological polar surface area (TPSA) is 89.0 Å². The second kappa shape index (κ2) is 8.46. The first-order valence-corrected chi connectivity index (χ1v) is 12.1. The number of nitrogens with zero attached hydrogens (tertiary/aromatic N) is 2. The summed E-state index contributed by atoms with van der Waals surface area (Å²) in [6.07, 6.45) is 0. The number of aliphatic hydroxyl groups is 1. The van der Waals surface area contributed by atoms with Crippen molar-refractivity contribution in [2.24, 2.45) is 0 Å². The number of aryl methyl sites for hydroxylation is 1. The van der Waals surface area contributed by atoms with E-state index in [0.29, 0.717) is 30.2 Å². The SMILES string of the molecule is Cc1ccc2nc(N3C(=O)C(=O)/C(=C(\O)c4ccc5c(c4)OCCO5)C3c3ccccc3F)sc2c1. The molecule has 0 saturated carbocycles. The molecule has 0 bridgehead atoms. The van der Waals surface area contributed by atoms with Crippen LogP contribution in [-0.2, 0) is 9.59 Å². The van der Waals surface area contributed by atoms with Gasteiger partial charge in [0.2, 0.25) is 0 Å². The van der Waals surface area contributed by atoms with Crippen LogP contribution in [0.1, 0.15) is 22.7 Å². The number of anilines is 1. The van der Waals surface area contributed by atoms with Crippen molar-refractivity contribution in [1.82, 2.24) is 4.98 Å². The molecule has 2 aliphatic rings. The highest BCUT2D eigenvalue weighted by molar-refractivity contribution is 7.22. The van der Waals surface area contributed by atoms with Gasteiger partial charge in [0.05, 0.1) is 15.8 Å². The smallest absolute Gasteiger partial charge is 0.301 e. The lowest BCUT2D eigenvalue weighted by Crippen LogP contribution is -2.29. The van der Waals surface area contributed by atoms with Gasteiger partial charge in [-0.1, -0.05) is 35.6 Å². The van der Waals surface area contributed by atoms with Gasteiger partial charge in [0.1, 0.15) is 30.8 Å². The minimum atomic E-state index is -1.21. The Balaban J connectivity index is 1.55. The van der Waals surface area contributed by atoms with Crippen LogP contribution in [0, 0.1) is 12.7 Å². The van der Waals surface area contributed by atoms with Crippen LogP contribution in [-0.4, -0.2) is 35.0 Å². The van der Waals surface area contributed by atoms with Crippen LogP contribution in [0.25, 0.3) is 16.0 Å². The van der Waals surface area contributed by atoms with Gasteiger partial charge in [0.15, 0.2) is 16.6 Å². The summed E-state index contributed by atoms with van der Waals surface area (Å²) in [5.74, 6) is -1.95. The van der Waals surface area contributed by atoms with Gasteiger partial charge in [0, 0.05) is 11.1 Å². The minimum absolute atomic E-state index is 0.0752. The molecule has 3 heterocycles. The molecule has 180 valence electrons. The van der Waals surface area contributed by atoms with E-state index in [2.05, 4.69) is 4.98 Å². The number of Topliss-reactive ketones (excluding diaryl/α,β-unsaturated/α-hetero) is 1. The first kappa shape index (κ1) is 22.2. The van der Waals surface area contributed by atoms with Crippen molar-refractivity contribution in [3.05, 3.63) is 88.7 Å². The van der Waals surface area contributed by atoms with Crippen LogP contribution in [0.2, 0.25) is 0 Å². The van der Waals surface area contributed by atoms with Gasteiger partial charge in [0.25, 0.3) is 5.78 Å². The number of benzene rings is 3. The van der Waals surface area contributed by atoms with Crippen molar-refractivity contribution in [3.8, 4) is 11.5 Å². The number of carbonyl (C=O) groups is 2.